The van der Waals surface area contributed by atoms with Crippen LogP contribution in [0, 0.1) is 0 Å². The Balaban J connectivity index is 0.00000288. The Labute approximate surface area is 169 Å². The van der Waals surface area contributed by atoms with Gasteiger partial charge in [-0.15, -0.1) is 24.0 Å². The summed E-state index contributed by atoms with van der Waals surface area (Å²) >= 11 is 12.1. The minimum Gasteiger partial charge on any atom is -0.357 e. The lowest BCUT2D eigenvalue weighted by molar-refractivity contribution is 0.624. The van der Waals surface area contributed by atoms with Crippen LogP contribution in [0.15, 0.2) is 41.9 Å². The molecule has 2 aromatic rings. The number of aliphatic imine (C=N–C) groups is 1. The van der Waals surface area contributed by atoms with Crippen molar-refractivity contribution in [1.82, 2.24) is 20.2 Å². The summed E-state index contributed by atoms with van der Waals surface area (Å²) in [7, 11) is 0. The summed E-state index contributed by atoms with van der Waals surface area (Å²) in [5, 5.41) is 7.82. The van der Waals surface area contributed by atoms with Crippen molar-refractivity contribution in [2.75, 3.05) is 13.1 Å². The van der Waals surface area contributed by atoms with Crippen LogP contribution < -0.4 is 10.6 Å². The zero-order valence-corrected chi connectivity index (χ0v) is 17.3. The number of benzene rings is 1. The van der Waals surface area contributed by atoms with Crippen LogP contribution in [0.1, 0.15) is 18.9 Å². The van der Waals surface area contributed by atoms with E-state index >= 15 is 0 Å². The molecule has 0 saturated carbocycles. The van der Waals surface area contributed by atoms with Gasteiger partial charge in [-0.25, -0.2) is 9.98 Å². The van der Waals surface area contributed by atoms with Crippen molar-refractivity contribution < 1.29 is 0 Å². The fourth-order valence-electron chi connectivity index (χ4n) is 2.04. The molecule has 0 aliphatic carbocycles. The lowest BCUT2D eigenvalue weighted by Crippen LogP contribution is -2.38. The Morgan fingerprint density at radius 1 is 1.29 bits per heavy atom. The van der Waals surface area contributed by atoms with E-state index in [2.05, 4.69) is 25.2 Å². The summed E-state index contributed by atoms with van der Waals surface area (Å²) < 4.78 is 2.05. The lowest BCUT2D eigenvalue weighted by Gasteiger charge is -2.11. The number of aromatic nitrogens is 2. The first-order valence-electron chi connectivity index (χ1n) is 7.61. The number of hydrogen-bond acceptors (Lipinski definition) is 2. The normalized spacial score (nSPS) is 11.0. The number of aryl methyl sites for hydroxylation is 1. The molecule has 0 saturated heterocycles. The molecule has 0 amide bonds. The number of nitrogens with zero attached hydrogens (tertiary/aromatic N) is 3. The van der Waals surface area contributed by atoms with Crippen LogP contribution in [0.25, 0.3) is 0 Å². The quantitative estimate of drug-likeness (QED) is 0.272. The maximum atomic E-state index is 6.17. The number of hydrogen-bond donors (Lipinski definition) is 2. The van der Waals surface area contributed by atoms with Gasteiger partial charge in [-0.2, -0.15) is 0 Å². The molecule has 1 heterocycles. The van der Waals surface area contributed by atoms with Crippen LogP contribution in [0.2, 0.25) is 10.0 Å². The standard InChI is InChI=1S/C16H21Cl2N5.HI/c1-2-20-16(21-6-3-8-23-9-7-19-12-23)22-11-13-4-5-14(17)10-15(13)18;/h4-5,7,9-10,12H,2-3,6,8,11H2,1H3,(H2,20,21,22);1H. The summed E-state index contributed by atoms with van der Waals surface area (Å²) in [6.07, 6.45) is 6.56. The summed E-state index contributed by atoms with van der Waals surface area (Å²) in [5.74, 6) is 0.782. The molecule has 2 rings (SSSR count). The van der Waals surface area contributed by atoms with Crippen molar-refractivity contribution in [1.29, 1.82) is 0 Å². The molecule has 0 aliphatic heterocycles. The van der Waals surface area contributed by atoms with Crippen molar-refractivity contribution in [3.8, 4) is 0 Å². The van der Waals surface area contributed by atoms with Gasteiger partial charge in [0.1, 0.15) is 0 Å². The first-order valence-corrected chi connectivity index (χ1v) is 8.36. The Morgan fingerprint density at radius 2 is 2.12 bits per heavy atom. The van der Waals surface area contributed by atoms with Crippen LogP contribution in [0.5, 0.6) is 0 Å². The average Bonchev–Trinajstić information content (AvgIpc) is 3.03. The Morgan fingerprint density at radius 3 is 2.79 bits per heavy atom. The molecule has 0 fully saturated rings. The fraction of sp³-hybridized carbons (Fsp3) is 0.375. The second-order valence-electron chi connectivity index (χ2n) is 5.01. The molecular weight excluding hydrogens is 460 g/mol. The fourth-order valence-corrected chi connectivity index (χ4v) is 2.51. The molecule has 0 aliphatic rings. The summed E-state index contributed by atoms with van der Waals surface area (Å²) in [4.78, 5) is 8.58. The maximum Gasteiger partial charge on any atom is 0.191 e. The second kappa shape index (κ2) is 11.5. The maximum absolute atomic E-state index is 6.17. The molecule has 0 unspecified atom stereocenters. The molecular formula is C16H22Cl2IN5. The van der Waals surface area contributed by atoms with Gasteiger partial charge in [0, 0.05) is 42.1 Å². The number of guanidine groups is 1. The van der Waals surface area contributed by atoms with E-state index in [4.69, 9.17) is 23.2 Å². The Hall–Kier alpha value is -0.990. The van der Waals surface area contributed by atoms with Crippen LogP contribution in [0.3, 0.4) is 0 Å². The van der Waals surface area contributed by atoms with Crippen LogP contribution in [-0.2, 0) is 13.1 Å². The molecule has 0 bridgehead atoms. The molecule has 0 spiro atoms. The average molecular weight is 482 g/mol. The predicted molar refractivity (Wildman–Crippen MR) is 112 cm³/mol. The summed E-state index contributed by atoms with van der Waals surface area (Å²) in [6, 6.07) is 5.46. The molecule has 1 aromatic carbocycles. The number of imidazole rings is 1. The van der Waals surface area contributed by atoms with Crippen molar-refractivity contribution in [3.05, 3.63) is 52.5 Å². The third kappa shape index (κ3) is 7.27. The third-order valence-corrected chi connectivity index (χ3v) is 3.80. The van der Waals surface area contributed by atoms with Crippen LogP contribution >= 0.6 is 47.2 Å². The van der Waals surface area contributed by atoms with Crippen molar-refractivity contribution in [2.24, 2.45) is 4.99 Å². The molecule has 0 radical (unpaired) electrons. The van der Waals surface area contributed by atoms with E-state index in [9.17, 15) is 0 Å². The van der Waals surface area contributed by atoms with Crippen LogP contribution in [0.4, 0.5) is 0 Å². The van der Waals surface area contributed by atoms with E-state index in [1.54, 1.807) is 12.3 Å². The van der Waals surface area contributed by atoms with Gasteiger partial charge in [-0.3, -0.25) is 0 Å². The van der Waals surface area contributed by atoms with E-state index in [0.29, 0.717) is 16.6 Å². The monoisotopic (exact) mass is 481 g/mol. The van der Waals surface area contributed by atoms with Crippen LogP contribution in [-0.4, -0.2) is 28.6 Å². The summed E-state index contributed by atoms with van der Waals surface area (Å²) in [6.45, 7) is 5.11. The molecule has 0 atom stereocenters. The van der Waals surface area contributed by atoms with Gasteiger partial charge in [0.05, 0.1) is 12.9 Å². The van der Waals surface area contributed by atoms with Crippen molar-refractivity contribution in [2.45, 2.75) is 26.4 Å². The minimum absolute atomic E-state index is 0. The minimum atomic E-state index is 0. The third-order valence-electron chi connectivity index (χ3n) is 3.21. The lowest BCUT2D eigenvalue weighted by atomic mass is 10.2. The Kier molecular flexibility index (Phi) is 10.1. The molecule has 1 aromatic heterocycles. The van der Waals surface area contributed by atoms with E-state index < -0.39 is 0 Å². The highest BCUT2D eigenvalue weighted by atomic mass is 127. The zero-order valence-electron chi connectivity index (χ0n) is 13.5. The topological polar surface area (TPSA) is 54.2 Å². The highest BCUT2D eigenvalue weighted by Crippen LogP contribution is 2.21. The molecule has 5 nitrogen and oxygen atoms in total. The first-order chi connectivity index (χ1) is 11.2. The molecule has 2 N–H and O–H groups in total. The second-order valence-corrected chi connectivity index (χ2v) is 5.86. The predicted octanol–water partition coefficient (Wildman–Crippen LogP) is 3.95. The van der Waals surface area contributed by atoms with E-state index in [0.717, 1.165) is 37.6 Å². The Bertz CT molecular complexity index is 631. The van der Waals surface area contributed by atoms with Gasteiger partial charge in [0.15, 0.2) is 5.96 Å². The number of nitrogens with one attached hydrogen (secondary N) is 2. The molecule has 8 heteroatoms. The van der Waals surface area contributed by atoms with Gasteiger partial charge in [-0.1, -0.05) is 29.3 Å². The van der Waals surface area contributed by atoms with Crippen molar-refractivity contribution >= 4 is 53.1 Å². The molecule has 24 heavy (non-hydrogen) atoms. The number of halogens is 3. The SMILES string of the molecule is CCNC(=NCc1ccc(Cl)cc1Cl)NCCCn1ccnc1.I. The first kappa shape index (κ1) is 21.1. The van der Waals surface area contributed by atoms with E-state index in [-0.39, 0.29) is 24.0 Å². The van der Waals surface area contributed by atoms with Gasteiger partial charge < -0.3 is 15.2 Å². The van der Waals surface area contributed by atoms with E-state index in [1.807, 2.05) is 31.6 Å². The van der Waals surface area contributed by atoms with Gasteiger partial charge >= 0.3 is 0 Å². The molecule has 132 valence electrons. The van der Waals surface area contributed by atoms with Gasteiger partial charge in [0.2, 0.25) is 0 Å². The highest BCUT2D eigenvalue weighted by Gasteiger charge is 2.02. The largest absolute Gasteiger partial charge is 0.357 e. The van der Waals surface area contributed by atoms with E-state index in [1.165, 1.54) is 0 Å². The van der Waals surface area contributed by atoms with Crippen molar-refractivity contribution in [3.63, 3.8) is 0 Å². The number of rotatable bonds is 7. The smallest absolute Gasteiger partial charge is 0.191 e. The van der Waals surface area contributed by atoms with Gasteiger partial charge in [0.25, 0.3) is 0 Å². The highest BCUT2D eigenvalue weighted by molar-refractivity contribution is 14.0. The summed E-state index contributed by atoms with van der Waals surface area (Å²) in [5.41, 5.74) is 0.951. The zero-order chi connectivity index (χ0) is 16.5. The van der Waals surface area contributed by atoms with Gasteiger partial charge in [-0.05, 0) is 31.0 Å².